The molecular weight excluding hydrogens is 522 g/mol. The summed E-state index contributed by atoms with van der Waals surface area (Å²) in [7, 11) is 0. The number of piperazine rings is 1. The van der Waals surface area contributed by atoms with Crippen molar-refractivity contribution in [3.8, 4) is 0 Å². The van der Waals surface area contributed by atoms with E-state index in [0.29, 0.717) is 42.3 Å². The van der Waals surface area contributed by atoms with Gasteiger partial charge in [0.15, 0.2) is 0 Å². The number of carbonyl (C=O) groups is 3. The molecule has 9 heteroatoms. The minimum Gasteiger partial charge on any atom is -0.339 e. The summed E-state index contributed by atoms with van der Waals surface area (Å²) in [6.07, 6.45) is 3.79. The van der Waals surface area contributed by atoms with Crippen LogP contribution in [-0.2, 0) is 4.79 Å². The Balaban J connectivity index is 1.31. The number of benzene rings is 3. The van der Waals surface area contributed by atoms with E-state index in [1.54, 1.807) is 28.9 Å². The zero-order valence-corrected chi connectivity index (χ0v) is 22.7. The molecule has 6 rings (SSSR count). The van der Waals surface area contributed by atoms with Gasteiger partial charge in [-0.1, -0.05) is 48.5 Å². The Morgan fingerprint density at radius 2 is 1.65 bits per heavy atom. The molecule has 0 saturated carbocycles. The van der Waals surface area contributed by atoms with Crippen LogP contribution >= 0.6 is 11.3 Å². The first-order valence-corrected chi connectivity index (χ1v) is 13.9. The van der Waals surface area contributed by atoms with Crippen molar-refractivity contribution in [2.24, 2.45) is 0 Å². The average Bonchev–Trinajstić information content (AvgIpc) is 3.61. The predicted molar refractivity (Wildman–Crippen MR) is 159 cm³/mol. The van der Waals surface area contributed by atoms with E-state index in [1.165, 1.54) is 11.3 Å². The van der Waals surface area contributed by atoms with Crippen molar-refractivity contribution >= 4 is 67.9 Å². The minimum atomic E-state index is -0.235. The van der Waals surface area contributed by atoms with Crippen LogP contribution in [0.1, 0.15) is 38.2 Å². The van der Waals surface area contributed by atoms with Gasteiger partial charge in [0, 0.05) is 54.4 Å². The number of nitrogens with one attached hydrogen (secondary N) is 2. The molecule has 1 aliphatic rings. The molecule has 8 nitrogen and oxygen atoms in total. The number of thiophene rings is 1. The highest BCUT2D eigenvalue weighted by Gasteiger charge is 2.24. The van der Waals surface area contributed by atoms with Gasteiger partial charge < -0.3 is 15.1 Å². The number of hydrogen-bond acceptors (Lipinski definition) is 5. The largest absolute Gasteiger partial charge is 0.339 e. The van der Waals surface area contributed by atoms with E-state index in [-0.39, 0.29) is 17.7 Å². The number of nitrogens with zero attached hydrogens (tertiary/aromatic N) is 3. The minimum absolute atomic E-state index is 0.0131. The van der Waals surface area contributed by atoms with Gasteiger partial charge >= 0.3 is 0 Å². The molecule has 0 atom stereocenters. The molecule has 2 aromatic heterocycles. The van der Waals surface area contributed by atoms with Crippen molar-refractivity contribution in [2.75, 3.05) is 31.5 Å². The molecule has 2 N–H and O–H groups in total. The molecule has 40 heavy (non-hydrogen) atoms. The van der Waals surface area contributed by atoms with Crippen LogP contribution in [0.25, 0.3) is 33.1 Å². The zero-order chi connectivity index (χ0) is 27.6. The molecule has 0 aliphatic carbocycles. The normalized spacial score (nSPS) is 13.8. The Hall–Kier alpha value is -4.76. The maximum Gasteiger partial charge on any atom is 0.265 e. The average molecular weight is 550 g/mol. The third-order valence-corrected chi connectivity index (χ3v) is 8.25. The number of para-hydroxylation sites is 1. The summed E-state index contributed by atoms with van der Waals surface area (Å²) < 4.78 is 1.03. The highest BCUT2D eigenvalue weighted by atomic mass is 32.1. The fourth-order valence-electron chi connectivity index (χ4n) is 4.91. The number of carbonyl (C=O) groups excluding carboxylic acids is 3. The van der Waals surface area contributed by atoms with E-state index in [9.17, 15) is 14.4 Å². The molecule has 5 aromatic rings. The highest BCUT2D eigenvalue weighted by molar-refractivity contribution is 7.20. The number of anilines is 1. The molecule has 1 fully saturated rings. The fraction of sp³-hybridized carbons (Fsp3) is 0.161. The molecule has 0 spiro atoms. The number of H-pyrrole nitrogens is 1. The topological polar surface area (TPSA) is 98.4 Å². The summed E-state index contributed by atoms with van der Waals surface area (Å²) in [6, 6.07) is 23.0. The van der Waals surface area contributed by atoms with Gasteiger partial charge in [0.25, 0.3) is 11.8 Å². The van der Waals surface area contributed by atoms with Crippen molar-refractivity contribution in [1.82, 2.24) is 20.0 Å². The maximum absolute atomic E-state index is 13.4. The first kappa shape index (κ1) is 25.5. The quantitative estimate of drug-likeness (QED) is 0.302. The molecule has 0 bridgehead atoms. The van der Waals surface area contributed by atoms with Gasteiger partial charge in [-0.15, -0.1) is 11.3 Å². The van der Waals surface area contributed by atoms with Gasteiger partial charge in [0.1, 0.15) is 0 Å². The Morgan fingerprint density at radius 1 is 0.900 bits per heavy atom. The molecule has 3 heterocycles. The number of hydrogen-bond donors (Lipinski definition) is 2. The van der Waals surface area contributed by atoms with Crippen molar-refractivity contribution in [3.05, 3.63) is 94.5 Å². The molecule has 200 valence electrons. The zero-order valence-electron chi connectivity index (χ0n) is 21.9. The molecule has 0 radical (unpaired) electrons. The SMILES string of the molecule is CC(=O)N1CCN(C(=O)c2ccc(C=Cc3n[nH]c4ccccc34)c(NC(=O)c3cc4ccccc4s3)c2)CC1. The monoisotopic (exact) mass is 549 g/mol. The molecular formula is C31H27N5O3S. The van der Waals surface area contributed by atoms with Crippen LogP contribution in [-0.4, -0.2) is 63.9 Å². The van der Waals surface area contributed by atoms with E-state index < -0.39 is 0 Å². The second kappa shape index (κ2) is 10.8. The van der Waals surface area contributed by atoms with Gasteiger partial charge in [-0.2, -0.15) is 5.10 Å². The Labute approximate surface area is 234 Å². The second-order valence-electron chi connectivity index (χ2n) is 9.69. The summed E-state index contributed by atoms with van der Waals surface area (Å²) in [5, 5.41) is 12.5. The van der Waals surface area contributed by atoms with Crippen LogP contribution in [0.3, 0.4) is 0 Å². The first-order valence-electron chi connectivity index (χ1n) is 13.1. The van der Waals surface area contributed by atoms with E-state index in [2.05, 4.69) is 15.5 Å². The summed E-state index contributed by atoms with van der Waals surface area (Å²) in [6.45, 7) is 3.50. The Bertz CT molecular complexity index is 1750. The van der Waals surface area contributed by atoms with Crippen LogP contribution in [0.4, 0.5) is 5.69 Å². The number of aromatic amines is 1. The molecule has 1 saturated heterocycles. The number of fused-ring (bicyclic) bond motifs is 2. The molecule has 1 aliphatic heterocycles. The Kier molecular flexibility index (Phi) is 6.88. The van der Waals surface area contributed by atoms with Gasteiger partial charge in [-0.3, -0.25) is 19.5 Å². The van der Waals surface area contributed by atoms with Gasteiger partial charge in [0.2, 0.25) is 5.91 Å². The number of rotatable bonds is 5. The van der Waals surface area contributed by atoms with Crippen molar-refractivity contribution in [1.29, 1.82) is 0 Å². The lowest BCUT2D eigenvalue weighted by Crippen LogP contribution is -2.50. The van der Waals surface area contributed by atoms with E-state index in [4.69, 9.17) is 0 Å². The lowest BCUT2D eigenvalue weighted by Gasteiger charge is -2.34. The standard InChI is InChI=1S/C31H27N5O3S/c1-20(37)35-14-16-36(17-15-35)31(39)23-11-10-21(12-13-26-24-7-3-4-8-25(24)33-34-26)27(18-23)32-30(38)29-19-22-6-2-5-9-28(22)40-29/h2-13,18-19H,14-17H2,1H3,(H,32,38)(H,33,34). The first-order chi connectivity index (χ1) is 19.5. The molecule has 3 aromatic carbocycles. The maximum atomic E-state index is 13.4. The van der Waals surface area contributed by atoms with Crippen LogP contribution in [0, 0.1) is 0 Å². The predicted octanol–water partition coefficient (Wildman–Crippen LogP) is 5.50. The van der Waals surface area contributed by atoms with Crippen LogP contribution < -0.4 is 5.32 Å². The molecule has 3 amide bonds. The van der Waals surface area contributed by atoms with E-state index >= 15 is 0 Å². The highest BCUT2D eigenvalue weighted by Crippen LogP contribution is 2.28. The summed E-state index contributed by atoms with van der Waals surface area (Å²) in [4.78, 5) is 42.5. The van der Waals surface area contributed by atoms with Gasteiger partial charge in [-0.25, -0.2) is 0 Å². The summed E-state index contributed by atoms with van der Waals surface area (Å²) >= 11 is 1.43. The number of aromatic nitrogens is 2. The smallest absolute Gasteiger partial charge is 0.265 e. The van der Waals surface area contributed by atoms with Crippen molar-refractivity contribution < 1.29 is 14.4 Å². The summed E-state index contributed by atoms with van der Waals surface area (Å²) in [5.41, 5.74) is 3.48. The third-order valence-electron chi connectivity index (χ3n) is 7.13. The fourth-order valence-corrected chi connectivity index (χ4v) is 5.87. The van der Waals surface area contributed by atoms with Gasteiger partial charge in [-0.05, 0) is 47.4 Å². The summed E-state index contributed by atoms with van der Waals surface area (Å²) in [5.74, 6) is -0.353. The second-order valence-corrected chi connectivity index (χ2v) is 10.8. The third kappa shape index (κ3) is 5.11. The lowest BCUT2D eigenvalue weighted by molar-refractivity contribution is -0.130. The van der Waals surface area contributed by atoms with Crippen LogP contribution in [0.2, 0.25) is 0 Å². The van der Waals surface area contributed by atoms with Gasteiger partial charge in [0.05, 0.1) is 16.1 Å². The lowest BCUT2D eigenvalue weighted by atomic mass is 10.1. The van der Waals surface area contributed by atoms with E-state index in [1.807, 2.05) is 72.8 Å². The number of amides is 3. The molecule has 0 unspecified atom stereocenters. The van der Waals surface area contributed by atoms with Crippen molar-refractivity contribution in [3.63, 3.8) is 0 Å². The Morgan fingerprint density at radius 3 is 2.45 bits per heavy atom. The van der Waals surface area contributed by atoms with Crippen LogP contribution in [0.5, 0.6) is 0 Å². The van der Waals surface area contributed by atoms with Crippen molar-refractivity contribution in [2.45, 2.75) is 6.92 Å². The van der Waals surface area contributed by atoms with Crippen LogP contribution in [0.15, 0.2) is 72.8 Å². The van der Waals surface area contributed by atoms with E-state index in [0.717, 1.165) is 32.2 Å².